The van der Waals surface area contributed by atoms with E-state index in [1.165, 1.54) is 29.2 Å². The van der Waals surface area contributed by atoms with Crippen LogP contribution in [0.5, 0.6) is 0 Å². The maximum absolute atomic E-state index is 13.3. The van der Waals surface area contributed by atoms with Crippen LogP contribution in [0.25, 0.3) is 0 Å². The van der Waals surface area contributed by atoms with Gasteiger partial charge in [0.15, 0.2) is 21.8 Å². The molecule has 1 N–H and O–H groups in total. The van der Waals surface area contributed by atoms with Gasteiger partial charge in [-0.1, -0.05) is 41.3 Å². The Bertz CT molecular complexity index is 887. The van der Waals surface area contributed by atoms with Gasteiger partial charge < -0.3 is 5.32 Å². The SMILES string of the molecule is C[C@@H](Sc1nnc(Nc2ccccc2)s1)C(=O)c1ccc(F)c(F)c1. The summed E-state index contributed by atoms with van der Waals surface area (Å²) in [5, 5.41) is 11.3. The van der Waals surface area contributed by atoms with Crippen LogP contribution in [0, 0.1) is 11.6 Å². The summed E-state index contributed by atoms with van der Waals surface area (Å²) in [6.45, 7) is 1.69. The van der Waals surface area contributed by atoms with Crippen LogP contribution >= 0.6 is 23.1 Å². The maximum atomic E-state index is 13.3. The van der Waals surface area contributed by atoms with Crippen molar-refractivity contribution in [3.63, 3.8) is 0 Å². The lowest BCUT2D eigenvalue weighted by molar-refractivity contribution is 0.0993. The zero-order chi connectivity index (χ0) is 17.8. The highest BCUT2D eigenvalue weighted by molar-refractivity contribution is 8.02. The van der Waals surface area contributed by atoms with Crippen LogP contribution in [0.1, 0.15) is 17.3 Å². The van der Waals surface area contributed by atoms with Crippen LogP contribution in [-0.2, 0) is 0 Å². The minimum absolute atomic E-state index is 0.131. The van der Waals surface area contributed by atoms with Crippen molar-refractivity contribution < 1.29 is 13.6 Å². The molecule has 0 fully saturated rings. The second kappa shape index (κ2) is 7.71. The van der Waals surface area contributed by atoms with Crippen LogP contribution in [0.2, 0.25) is 0 Å². The number of Topliss-reactive ketones (excluding diaryl/α,β-unsaturated/α-hetero) is 1. The predicted octanol–water partition coefficient (Wildman–Crippen LogP) is 4.92. The van der Waals surface area contributed by atoms with Crippen LogP contribution in [0.3, 0.4) is 0 Å². The molecule has 2 aromatic carbocycles. The van der Waals surface area contributed by atoms with Gasteiger partial charge in [0.1, 0.15) is 0 Å². The molecule has 1 atom stereocenters. The summed E-state index contributed by atoms with van der Waals surface area (Å²) in [5.74, 6) is -2.30. The molecule has 128 valence electrons. The van der Waals surface area contributed by atoms with Crippen molar-refractivity contribution in [3.05, 3.63) is 65.7 Å². The Labute approximate surface area is 151 Å². The maximum Gasteiger partial charge on any atom is 0.210 e. The third-order valence-corrected chi connectivity index (χ3v) is 5.31. The van der Waals surface area contributed by atoms with Crippen LogP contribution < -0.4 is 5.32 Å². The Kier molecular flexibility index (Phi) is 5.40. The highest BCUT2D eigenvalue weighted by Crippen LogP contribution is 2.31. The Balaban J connectivity index is 1.65. The average molecular weight is 377 g/mol. The van der Waals surface area contributed by atoms with E-state index in [0.717, 1.165) is 17.8 Å². The molecule has 3 aromatic rings. The largest absolute Gasteiger partial charge is 0.330 e. The second-order valence-corrected chi connectivity index (χ2v) is 7.68. The van der Waals surface area contributed by atoms with Gasteiger partial charge in [0.05, 0.1) is 5.25 Å². The molecule has 0 amide bonds. The van der Waals surface area contributed by atoms with Crippen molar-refractivity contribution in [3.8, 4) is 0 Å². The van der Waals surface area contributed by atoms with Crippen molar-refractivity contribution >= 4 is 39.7 Å². The molecular weight excluding hydrogens is 364 g/mol. The van der Waals surface area contributed by atoms with Crippen LogP contribution in [0.4, 0.5) is 19.6 Å². The van der Waals surface area contributed by atoms with Crippen molar-refractivity contribution in [2.75, 3.05) is 5.32 Å². The van der Waals surface area contributed by atoms with E-state index >= 15 is 0 Å². The number of carbonyl (C=O) groups excluding carboxylic acids is 1. The van der Waals surface area contributed by atoms with E-state index in [1.807, 2.05) is 30.3 Å². The zero-order valence-electron chi connectivity index (χ0n) is 13.1. The van der Waals surface area contributed by atoms with Gasteiger partial charge in [-0.15, -0.1) is 10.2 Å². The number of ketones is 1. The highest BCUT2D eigenvalue weighted by atomic mass is 32.2. The number of hydrogen-bond acceptors (Lipinski definition) is 6. The lowest BCUT2D eigenvalue weighted by Crippen LogP contribution is -2.13. The molecule has 0 spiro atoms. The normalized spacial score (nSPS) is 12.0. The first-order chi connectivity index (χ1) is 12.0. The van der Waals surface area contributed by atoms with Gasteiger partial charge in [0, 0.05) is 11.3 Å². The standard InChI is InChI=1S/C17H13F2N3OS2/c1-10(15(23)11-7-8-13(18)14(19)9-11)24-17-22-21-16(25-17)20-12-5-3-2-4-6-12/h2-10H,1H3,(H,20,21)/t10-/m1/s1. The molecule has 0 aliphatic heterocycles. The molecule has 3 rings (SSSR count). The van der Waals surface area contributed by atoms with Crippen molar-refractivity contribution in [2.24, 2.45) is 0 Å². The van der Waals surface area contributed by atoms with E-state index in [1.54, 1.807) is 6.92 Å². The fourth-order valence-corrected chi connectivity index (χ4v) is 4.04. The second-order valence-electron chi connectivity index (χ2n) is 5.12. The summed E-state index contributed by atoms with van der Waals surface area (Å²) in [6.07, 6.45) is 0. The summed E-state index contributed by atoms with van der Waals surface area (Å²) in [6, 6.07) is 12.7. The Morgan fingerprint density at radius 2 is 1.88 bits per heavy atom. The van der Waals surface area contributed by atoms with Gasteiger partial charge in [-0.25, -0.2) is 8.78 Å². The van der Waals surface area contributed by atoms with Crippen molar-refractivity contribution in [1.29, 1.82) is 0 Å². The zero-order valence-corrected chi connectivity index (χ0v) is 14.7. The lowest BCUT2D eigenvalue weighted by atomic mass is 10.1. The topological polar surface area (TPSA) is 54.9 Å². The third kappa shape index (κ3) is 4.40. The summed E-state index contributed by atoms with van der Waals surface area (Å²) in [7, 11) is 0. The summed E-state index contributed by atoms with van der Waals surface area (Å²) < 4.78 is 26.9. The minimum Gasteiger partial charge on any atom is -0.330 e. The Hall–Kier alpha value is -2.32. The fourth-order valence-electron chi connectivity index (χ4n) is 2.04. The number of halogens is 2. The quantitative estimate of drug-likeness (QED) is 0.488. The number of rotatable bonds is 6. The van der Waals surface area contributed by atoms with Crippen LogP contribution in [0.15, 0.2) is 52.9 Å². The average Bonchev–Trinajstić information content (AvgIpc) is 3.04. The number of nitrogens with one attached hydrogen (secondary N) is 1. The van der Waals surface area contributed by atoms with E-state index in [4.69, 9.17) is 0 Å². The van der Waals surface area contributed by atoms with Crippen molar-refractivity contribution in [2.45, 2.75) is 16.5 Å². The molecule has 25 heavy (non-hydrogen) atoms. The van der Waals surface area contributed by atoms with Gasteiger partial charge in [0.25, 0.3) is 0 Å². The Morgan fingerprint density at radius 3 is 2.60 bits per heavy atom. The number of nitrogens with zero attached hydrogens (tertiary/aromatic N) is 2. The number of carbonyl (C=O) groups is 1. The molecule has 8 heteroatoms. The predicted molar refractivity (Wildman–Crippen MR) is 95.6 cm³/mol. The monoisotopic (exact) mass is 377 g/mol. The van der Waals surface area contributed by atoms with Crippen molar-refractivity contribution in [1.82, 2.24) is 10.2 Å². The number of anilines is 2. The van der Waals surface area contributed by atoms with E-state index in [9.17, 15) is 13.6 Å². The van der Waals surface area contributed by atoms with E-state index in [2.05, 4.69) is 15.5 Å². The summed E-state index contributed by atoms with van der Waals surface area (Å²) >= 11 is 2.54. The minimum atomic E-state index is -1.03. The molecule has 0 radical (unpaired) electrons. The van der Waals surface area contributed by atoms with Gasteiger partial charge in [-0.2, -0.15) is 0 Å². The first kappa shape index (κ1) is 17.5. The number of thioether (sulfide) groups is 1. The first-order valence-corrected chi connectivity index (χ1v) is 9.04. The molecule has 0 aliphatic rings. The molecule has 0 unspecified atom stereocenters. The smallest absolute Gasteiger partial charge is 0.210 e. The third-order valence-electron chi connectivity index (χ3n) is 3.28. The number of aromatic nitrogens is 2. The lowest BCUT2D eigenvalue weighted by Gasteiger charge is -2.08. The number of hydrogen-bond donors (Lipinski definition) is 1. The molecule has 0 aliphatic carbocycles. The molecule has 0 saturated carbocycles. The van der Waals surface area contributed by atoms with Gasteiger partial charge in [-0.3, -0.25) is 4.79 Å². The number of benzene rings is 2. The van der Waals surface area contributed by atoms with Gasteiger partial charge in [-0.05, 0) is 37.3 Å². The summed E-state index contributed by atoms with van der Waals surface area (Å²) in [4.78, 5) is 12.3. The molecule has 4 nitrogen and oxygen atoms in total. The molecular formula is C17H13F2N3OS2. The van der Waals surface area contributed by atoms with Gasteiger partial charge in [0.2, 0.25) is 5.13 Å². The molecule has 1 heterocycles. The molecule has 1 aromatic heterocycles. The first-order valence-electron chi connectivity index (χ1n) is 7.34. The highest BCUT2D eigenvalue weighted by Gasteiger charge is 2.20. The summed E-state index contributed by atoms with van der Waals surface area (Å²) in [5.41, 5.74) is 1.02. The molecule has 0 bridgehead atoms. The molecule has 0 saturated heterocycles. The van der Waals surface area contributed by atoms with E-state index in [0.29, 0.717) is 9.47 Å². The van der Waals surface area contributed by atoms with E-state index in [-0.39, 0.29) is 11.3 Å². The van der Waals surface area contributed by atoms with Gasteiger partial charge >= 0.3 is 0 Å². The fraction of sp³-hybridized carbons (Fsp3) is 0.118. The van der Waals surface area contributed by atoms with Crippen LogP contribution in [-0.4, -0.2) is 21.2 Å². The van der Waals surface area contributed by atoms with E-state index < -0.39 is 16.9 Å². The Morgan fingerprint density at radius 1 is 1.12 bits per heavy atom. The number of para-hydroxylation sites is 1.